The molecule has 3 rings (SSSR count). The molecule has 0 aliphatic carbocycles. The smallest absolute Gasteiger partial charge is 0.422 e. The van der Waals surface area contributed by atoms with Gasteiger partial charge in [-0.2, -0.15) is 23.5 Å². The summed E-state index contributed by atoms with van der Waals surface area (Å²) in [6.07, 6.45) is -2.89. The predicted octanol–water partition coefficient (Wildman–Crippen LogP) is 3.94. The number of nitrogens with zero attached hydrogens (tertiary/aromatic N) is 3. The Bertz CT molecular complexity index is 1020. The van der Waals surface area contributed by atoms with E-state index in [4.69, 9.17) is 5.26 Å². The number of para-hydroxylation sites is 1. The van der Waals surface area contributed by atoms with Crippen LogP contribution in [-0.2, 0) is 0 Å². The molecule has 142 valence electrons. The van der Waals surface area contributed by atoms with Crippen LogP contribution in [0.15, 0.2) is 60.8 Å². The highest BCUT2D eigenvalue weighted by molar-refractivity contribution is 6.03. The van der Waals surface area contributed by atoms with Crippen LogP contribution >= 0.6 is 0 Å². The van der Waals surface area contributed by atoms with Gasteiger partial charge >= 0.3 is 6.18 Å². The Labute approximate surface area is 157 Å². The Morgan fingerprint density at radius 1 is 1.18 bits per heavy atom. The molecule has 6 nitrogen and oxygen atoms in total. The van der Waals surface area contributed by atoms with Gasteiger partial charge in [0.15, 0.2) is 12.3 Å². The van der Waals surface area contributed by atoms with Gasteiger partial charge in [-0.25, -0.2) is 4.68 Å². The van der Waals surface area contributed by atoms with Crippen molar-refractivity contribution < 1.29 is 22.7 Å². The van der Waals surface area contributed by atoms with E-state index in [1.54, 1.807) is 12.3 Å². The lowest BCUT2D eigenvalue weighted by Gasteiger charge is -2.11. The van der Waals surface area contributed by atoms with E-state index in [9.17, 15) is 18.0 Å². The molecule has 28 heavy (non-hydrogen) atoms. The SMILES string of the molecule is N#Cc1cc(NC(=O)c2ccn(-c3ccccc3)n2)ccc1OCC(F)(F)F. The molecular formula is C19H13F3N4O2. The maximum atomic E-state index is 12.4. The third-order valence-corrected chi connectivity index (χ3v) is 3.59. The molecule has 0 atom stereocenters. The van der Waals surface area contributed by atoms with Crippen molar-refractivity contribution in [2.24, 2.45) is 0 Å². The van der Waals surface area contributed by atoms with Gasteiger partial charge in [0.1, 0.15) is 11.8 Å². The lowest BCUT2D eigenvalue weighted by atomic mass is 10.2. The van der Waals surface area contributed by atoms with E-state index in [1.807, 2.05) is 30.3 Å². The molecule has 0 aliphatic heterocycles. The number of alkyl halides is 3. The van der Waals surface area contributed by atoms with Crippen LogP contribution in [0.25, 0.3) is 5.69 Å². The summed E-state index contributed by atoms with van der Waals surface area (Å²) in [6.45, 7) is -1.51. The van der Waals surface area contributed by atoms with E-state index >= 15 is 0 Å². The van der Waals surface area contributed by atoms with Crippen LogP contribution in [0, 0.1) is 11.3 Å². The van der Waals surface area contributed by atoms with E-state index in [-0.39, 0.29) is 22.7 Å². The molecule has 0 radical (unpaired) electrons. The number of amides is 1. The molecule has 2 aromatic carbocycles. The van der Waals surface area contributed by atoms with E-state index in [0.29, 0.717) is 0 Å². The van der Waals surface area contributed by atoms with Crippen molar-refractivity contribution >= 4 is 11.6 Å². The number of hydrogen-bond acceptors (Lipinski definition) is 4. The van der Waals surface area contributed by atoms with Crippen molar-refractivity contribution in [2.45, 2.75) is 6.18 Å². The Morgan fingerprint density at radius 3 is 2.61 bits per heavy atom. The van der Waals surface area contributed by atoms with Crippen LogP contribution in [0.4, 0.5) is 18.9 Å². The van der Waals surface area contributed by atoms with Crippen LogP contribution in [0.3, 0.4) is 0 Å². The predicted molar refractivity (Wildman–Crippen MR) is 94.2 cm³/mol. The molecule has 0 aliphatic rings. The molecule has 9 heteroatoms. The summed E-state index contributed by atoms with van der Waals surface area (Å²) in [5.41, 5.74) is 1.02. The van der Waals surface area contributed by atoms with Crippen LogP contribution in [0.2, 0.25) is 0 Å². The molecule has 0 bridgehead atoms. The highest BCUT2D eigenvalue weighted by Crippen LogP contribution is 2.25. The second-order valence-corrected chi connectivity index (χ2v) is 5.66. The summed E-state index contributed by atoms with van der Waals surface area (Å²) >= 11 is 0. The van der Waals surface area contributed by atoms with Crippen molar-refractivity contribution in [1.82, 2.24) is 9.78 Å². The van der Waals surface area contributed by atoms with E-state index in [2.05, 4.69) is 15.2 Å². The first-order valence-electron chi connectivity index (χ1n) is 8.02. The molecule has 1 aromatic heterocycles. The number of benzene rings is 2. The second-order valence-electron chi connectivity index (χ2n) is 5.66. The van der Waals surface area contributed by atoms with Gasteiger partial charge in [0.2, 0.25) is 0 Å². The van der Waals surface area contributed by atoms with Gasteiger partial charge in [0.05, 0.1) is 11.3 Å². The highest BCUT2D eigenvalue weighted by atomic mass is 19.4. The minimum atomic E-state index is -4.52. The lowest BCUT2D eigenvalue weighted by Crippen LogP contribution is -2.19. The summed E-state index contributed by atoms with van der Waals surface area (Å²) in [7, 11) is 0. The number of nitrogens with one attached hydrogen (secondary N) is 1. The third kappa shape index (κ3) is 4.67. The maximum absolute atomic E-state index is 12.4. The topological polar surface area (TPSA) is 79.9 Å². The Morgan fingerprint density at radius 2 is 1.93 bits per heavy atom. The number of rotatable bonds is 5. The minimum Gasteiger partial charge on any atom is -0.483 e. The second kappa shape index (κ2) is 7.84. The minimum absolute atomic E-state index is 0.128. The molecule has 0 unspecified atom stereocenters. The number of aromatic nitrogens is 2. The number of carbonyl (C=O) groups is 1. The zero-order chi connectivity index (χ0) is 20.1. The van der Waals surface area contributed by atoms with E-state index < -0.39 is 18.7 Å². The van der Waals surface area contributed by atoms with Crippen LogP contribution in [0.5, 0.6) is 5.75 Å². The van der Waals surface area contributed by atoms with Crippen molar-refractivity contribution in [3.05, 3.63) is 72.1 Å². The Hall–Kier alpha value is -3.80. The first kappa shape index (κ1) is 19.0. The highest BCUT2D eigenvalue weighted by Gasteiger charge is 2.29. The molecule has 1 amide bonds. The summed E-state index contributed by atoms with van der Waals surface area (Å²) in [5.74, 6) is -0.742. The van der Waals surface area contributed by atoms with Gasteiger partial charge in [-0.3, -0.25) is 4.79 Å². The third-order valence-electron chi connectivity index (χ3n) is 3.59. The van der Waals surface area contributed by atoms with Gasteiger partial charge in [0.25, 0.3) is 5.91 Å². The average Bonchev–Trinajstić information content (AvgIpc) is 3.17. The molecular weight excluding hydrogens is 373 g/mol. The molecule has 0 saturated carbocycles. The maximum Gasteiger partial charge on any atom is 0.422 e. The number of anilines is 1. The fourth-order valence-corrected chi connectivity index (χ4v) is 2.35. The number of ether oxygens (including phenoxy) is 1. The van der Waals surface area contributed by atoms with Crippen molar-refractivity contribution in [2.75, 3.05) is 11.9 Å². The van der Waals surface area contributed by atoms with Gasteiger partial charge in [0, 0.05) is 11.9 Å². The fourth-order valence-electron chi connectivity index (χ4n) is 2.35. The summed E-state index contributed by atoms with van der Waals surface area (Å²) in [5, 5.41) is 15.8. The molecule has 1 heterocycles. The number of nitriles is 1. The average molecular weight is 386 g/mol. The number of hydrogen-bond donors (Lipinski definition) is 1. The van der Waals surface area contributed by atoms with Gasteiger partial charge in [-0.15, -0.1) is 0 Å². The standard InChI is InChI=1S/C19H13F3N4O2/c20-19(21,22)12-28-17-7-6-14(10-13(17)11-23)24-18(27)16-8-9-26(25-16)15-4-2-1-3-5-15/h1-10H,12H2,(H,24,27). The Balaban J connectivity index is 1.72. The van der Waals surface area contributed by atoms with Crippen LogP contribution in [0.1, 0.15) is 16.1 Å². The summed E-state index contributed by atoms with van der Waals surface area (Å²) < 4.78 is 42.9. The first-order valence-corrected chi connectivity index (χ1v) is 8.02. The molecule has 0 spiro atoms. The molecule has 1 N–H and O–H groups in total. The lowest BCUT2D eigenvalue weighted by molar-refractivity contribution is -0.153. The van der Waals surface area contributed by atoms with E-state index in [1.165, 1.54) is 28.9 Å². The quantitative estimate of drug-likeness (QED) is 0.720. The summed E-state index contributed by atoms with van der Waals surface area (Å²) in [4.78, 5) is 12.4. The van der Waals surface area contributed by atoms with Gasteiger partial charge in [-0.1, -0.05) is 18.2 Å². The molecule has 0 saturated heterocycles. The summed E-state index contributed by atoms with van der Waals surface area (Å²) in [6, 6.07) is 16.2. The van der Waals surface area contributed by atoms with Crippen molar-refractivity contribution in [3.63, 3.8) is 0 Å². The normalized spacial score (nSPS) is 10.9. The fraction of sp³-hybridized carbons (Fsp3) is 0.105. The monoisotopic (exact) mass is 386 g/mol. The van der Waals surface area contributed by atoms with Crippen molar-refractivity contribution in [3.8, 4) is 17.5 Å². The van der Waals surface area contributed by atoms with Gasteiger partial charge < -0.3 is 10.1 Å². The van der Waals surface area contributed by atoms with E-state index in [0.717, 1.165) is 5.69 Å². The van der Waals surface area contributed by atoms with Crippen LogP contribution in [-0.4, -0.2) is 28.5 Å². The first-order chi connectivity index (χ1) is 13.4. The van der Waals surface area contributed by atoms with Gasteiger partial charge in [-0.05, 0) is 36.4 Å². The van der Waals surface area contributed by atoms with Crippen molar-refractivity contribution in [1.29, 1.82) is 5.26 Å². The molecule has 3 aromatic rings. The zero-order valence-corrected chi connectivity index (χ0v) is 14.3. The Kier molecular flexibility index (Phi) is 5.31. The zero-order valence-electron chi connectivity index (χ0n) is 14.3. The van der Waals surface area contributed by atoms with Crippen LogP contribution < -0.4 is 10.1 Å². The molecule has 0 fully saturated rings. The number of halogens is 3. The largest absolute Gasteiger partial charge is 0.483 e. The number of carbonyl (C=O) groups excluding carboxylic acids is 1.